The highest BCUT2D eigenvalue weighted by atomic mass is 32.2. The Bertz CT molecular complexity index is 886. The van der Waals surface area contributed by atoms with Gasteiger partial charge in [-0.15, -0.1) is 10.2 Å². The van der Waals surface area contributed by atoms with Crippen molar-refractivity contribution < 1.29 is 4.79 Å². The van der Waals surface area contributed by atoms with Crippen molar-refractivity contribution >= 4 is 23.5 Å². The van der Waals surface area contributed by atoms with E-state index in [1.54, 1.807) is 16.9 Å². The fourth-order valence-electron chi connectivity index (χ4n) is 2.52. The minimum Gasteiger partial charge on any atom is -0.310 e. The van der Waals surface area contributed by atoms with Crippen molar-refractivity contribution in [2.45, 2.75) is 37.2 Å². The second-order valence-corrected chi connectivity index (χ2v) is 7.54. The van der Waals surface area contributed by atoms with Gasteiger partial charge in [0.1, 0.15) is 5.82 Å². The van der Waals surface area contributed by atoms with Gasteiger partial charge in [0, 0.05) is 24.7 Å². The molecule has 0 unspecified atom stereocenters. The number of nitrogens with one attached hydrogen (secondary N) is 1. The third kappa shape index (κ3) is 3.80. The predicted octanol–water partition coefficient (Wildman–Crippen LogP) is 3.38. The number of carbonyl (C=O) groups is 1. The molecule has 0 spiro atoms. The number of aromatic nitrogens is 5. The molecule has 1 atom stereocenters. The van der Waals surface area contributed by atoms with E-state index >= 15 is 0 Å². The molecule has 0 radical (unpaired) electrons. The molecule has 3 aromatic rings. The summed E-state index contributed by atoms with van der Waals surface area (Å²) in [6, 6.07) is 11.8. The van der Waals surface area contributed by atoms with Crippen molar-refractivity contribution in [2.75, 3.05) is 5.32 Å². The lowest BCUT2D eigenvalue weighted by atomic mass is 10.2. The van der Waals surface area contributed by atoms with E-state index in [4.69, 9.17) is 0 Å². The van der Waals surface area contributed by atoms with Gasteiger partial charge in [0.15, 0.2) is 11.0 Å². The molecule has 0 fully saturated rings. The van der Waals surface area contributed by atoms with E-state index in [0.29, 0.717) is 11.0 Å². The zero-order valence-electron chi connectivity index (χ0n) is 15.2. The SMILES string of the molecule is CC(C)n1nccc1NC(=O)[C@@H](C)Sc1nnc(-c2ccccc2)n1C. The normalized spacial score (nSPS) is 12.3. The van der Waals surface area contributed by atoms with Crippen LogP contribution in [0, 0.1) is 0 Å². The molecule has 2 heterocycles. The lowest BCUT2D eigenvalue weighted by molar-refractivity contribution is -0.115. The molecular formula is C18H22N6OS. The smallest absolute Gasteiger partial charge is 0.238 e. The van der Waals surface area contributed by atoms with Gasteiger partial charge in [0.25, 0.3) is 0 Å². The summed E-state index contributed by atoms with van der Waals surface area (Å²) in [6.45, 7) is 5.89. The molecular weight excluding hydrogens is 348 g/mol. The van der Waals surface area contributed by atoms with Gasteiger partial charge >= 0.3 is 0 Å². The van der Waals surface area contributed by atoms with Gasteiger partial charge in [-0.2, -0.15) is 5.10 Å². The second kappa shape index (κ2) is 7.74. The van der Waals surface area contributed by atoms with Crippen LogP contribution in [-0.2, 0) is 11.8 Å². The van der Waals surface area contributed by atoms with E-state index in [9.17, 15) is 4.79 Å². The van der Waals surface area contributed by atoms with Gasteiger partial charge in [0.2, 0.25) is 5.91 Å². The number of hydrogen-bond donors (Lipinski definition) is 1. The molecule has 1 aromatic carbocycles. The van der Waals surface area contributed by atoms with Crippen LogP contribution in [0.25, 0.3) is 11.4 Å². The summed E-state index contributed by atoms with van der Waals surface area (Å²) < 4.78 is 3.69. The van der Waals surface area contributed by atoms with Crippen LogP contribution in [0.4, 0.5) is 5.82 Å². The van der Waals surface area contributed by atoms with Crippen molar-refractivity contribution in [1.82, 2.24) is 24.5 Å². The Hall–Kier alpha value is -2.61. The Balaban J connectivity index is 1.70. The Morgan fingerprint density at radius 2 is 1.85 bits per heavy atom. The predicted molar refractivity (Wildman–Crippen MR) is 103 cm³/mol. The van der Waals surface area contributed by atoms with Gasteiger partial charge in [-0.25, -0.2) is 4.68 Å². The molecule has 0 saturated heterocycles. The number of amides is 1. The summed E-state index contributed by atoms with van der Waals surface area (Å²) in [5, 5.41) is 16.0. The number of thioether (sulfide) groups is 1. The summed E-state index contributed by atoms with van der Waals surface area (Å²) in [6.07, 6.45) is 1.68. The van der Waals surface area contributed by atoms with E-state index in [0.717, 1.165) is 11.4 Å². The maximum absolute atomic E-state index is 12.5. The summed E-state index contributed by atoms with van der Waals surface area (Å²) in [5.74, 6) is 1.38. The van der Waals surface area contributed by atoms with Crippen molar-refractivity contribution in [2.24, 2.45) is 7.05 Å². The zero-order valence-corrected chi connectivity index (χ0v) is 16.1. The summed E-state index contributed by atoms with van der Waals surface area (Å²) in [4.78, 5) is 12.5. The molecule has 8 heteroatoms. The Morgan fingerprint density at radius 3 is 2.54 bits per heavy atom. The molecule has 0 aliphatic rings. The number of benzene rings is 1. The second-order valence-electron chi connectivity index (χ2n) is 6.24. The molecule has 0 aliphatic heterocycles. The maximum Gasteiger partial charge on any atom is 0.238 e. The van der Waals surface area contributed by atoms with E-state index in [2.05, 4.69) is 20.6 Å². The average Bonchev–Trinajstić information content (AvgIpc) is 3.23. The molecule has 26 heavy (non-hydrogen) atoms. The molecule has 1 N–H and O–H groups in total. The molecule has 3 rings (SSSR count). The quantitative estimate of drug-likeness (QED) is 0.673. The summed E-state index contributed by atoms with van der Waals surface area (Å²) >= 11 is 1.38. The van der Waals surface area contributed by atoms with E-state index in [1.165, 1.54) is 11.8 Å². The average molecular weight is 370 g/mol. The highest BCUT2D eigenvalue weighted by molar-refractivity contribution is 8.00. The maximum atomic E-state index is 12.5. The first-order chi connectivity index (χ1) is 12.5. The molecule has 7 nitrogen and oxygen atoms in total. The molecule has 136 valence electrons. The topological polar surface area (TPSA) is 77.6 Å². The Kier molecular flexibility index (Phi) is 5.41. The largest absolute Gasteiger partial charge is 0.310 e. The van der Waals surface area contributed by atoms with Crippen LogP contribution < -0.4 is 5.32 Å². The first-order valence-corrected chi connectivity index (χ1v) is 9.31. The number of hydrogen-bond acceptors (Lipinski definition) is 5. The third-order valence-electron chi connectivity index (χ3n) is 3.93. The Labute approximate surface area is 156 Å². The van der Waals surface area contributed by atoms with Crippen LogP contribution in [-0.4, -0.2) is 35.7 Å². The lowest BCUT2D eigenvalue weighted by Gasteiger charge is -2.14. The first-order valence-electron chi connectivity index (χ1n) is 8.43. The van der Waals surface area contributed by atoms with Crippen LogP contribution in [0.15, 0.2) is 47.8 Å². The monoisotopic (exact) mass is 370 g/mol. The fourth-order valence-corrected chi connectivity index (χ4v) is 3.34. The van der Waals surface area contributed by atoms with E-state index in [-0.39, 0.29) is 17.2 Å². The number of anilines is 1. The standard InChI is InChI=1S/C18H22N6OS/c1-12(2)24-15(10-11-19-24)20-17(25)13(3)26-18-22-21-16(23(18)4)14-8-6-5-7-9-14/h5-13H,1-4H3,(H,20,25)/t13-/m1/s1. The number of rotatable bonds is 6. The minimum atomic E-state index is -0.322. The Morgan fingerprint density at radius 1 is 1.12 bits per heavy atom. The number of nitrogens with zero attached hydrogens (tertiary/aromatic N) is 5. The van der Waals surface area contributed by atoms with Crippen LogP contribution in [0.3, 0.4) is 0 Å². The van der Waals surface area contributed by atoms with Gasteiger partial charge < -0.3 is 9.88 Å². The molecule has 0 bridgehead atoms. The van der Waals surface area contributed by atoms with Crippen molar-refractivity contribution in [1.29, 1.82) is 0 Å². The highest BCUT2D eigenvalue weighted by Crippen LogP contribution is 2.26. The van der Waals surface area contributed by atoms with Gasteiger partial charge in [0.05, 0.1) is 11.4 Å². The fraction of sp³-hybridized carbons (Fsp3) is 0.333. The van der Waals surface area contributed by atoms with Crippen molar-refractivity contribution in [3.63, 3.8) is 0 Å². The van der Waals surface area contributed by atoms with Gasteiger partial charge in [-0.1, -0.05) is 42.1 Å². The lowest BCUT2D eigenvalue weighted by Crippen LogP contribution is -2.25. The third-order valence-corrected chi connectivity index (χ3v) is 5.06. The van der Waals surface area contributed by atoms with Crippen LogP contribution >= 0.6 is 11.8 Å². The summed E-state index contributed by atoms with van der Waals surface area (Å²) in [7, 11) is 1.91. The van der Waals surface area contributed by atoms with E-state index in [1.807, 2.05) is 62.7 Å². The minimum absolute atomic E-state index is 0.0957. The highest BCUT2D eigenvalue weighted by Gasteiger charge is 2.20. The van der Waals surface area contributed by atoms with Crippen molar-refractivity contribution in [3.8, 4) is 11.4 Å². The van der Waals surface area contributed by atoms with Crippen molar-refractivity contribution in [3.05, 3.63) is 42.6 Å². The van der Waals surface area contributed by atoms with Gasteiger partial charge in [-0.3, -0.25) is 4.79 Å². The van der Waals surface area contributed by atoms with Crippen LogP contribution in [0.5, 0.6) is 0 Å². The molecule has 1 amide bonds. The molecule has 2 aromatic heterocycles. The molecule has 0 saturated carbocycles. The van der Waals surface area contributed by atoms with Gasteiger partial charge in [-0.05, 0) is 20.8 Å². The van der Waals surface area contributed by atoms with Crippen LogP contribution in [0.1, 0.15) is 26.8 Å². The molecule has 0 aliphatic carbocycles. The number of carbonyl (C=O) groups excluding carboxylic acids is 1. The van der Waals surface area contributed by atoms with Crippen LogP contribution in [0.2, 0.25) is 0 Å². The zero-order chi connectivity index (χ0) is 18.7. The summed E-state index contributed by atoms with van der Waals surface area (Å²) in [5.41, 5.74) is 0.993. The first kappa shape index (κ1) is 18.2. The van der Waals surface area contributed by atoms with E-state index < -0.39 is 0 Å².